The van der Waals surface area contributed by atoms with Crippen molar-refractivity contribution in [2.75, 3.05) is 20.8 Å². The van der Waals surface area contributed by atoms with Crippen LogP contribution in [0, 0.1) is 23.7 Å². The summed E-state index contributed by atoms with van der Waals surface area (Å²) in [6.45, 7) is 18.0. The molecule has 6 aliphatic heterocycles. The van der Waals surface area contributed by atoms with E-state index in [9.17, 15) is 15.0 Å². The topological polar surface area (TPSA) is 171 Å². The molecule has 15 nitrogen and oxygen atoms in total. The molecule has 0 aromatic heterocycles. The van der Waals surface area contributed by atoms with Gasteiger partial charge in [0, 0.05) is 58.0 Å². The van der Waals surface area contributed by atoms with Gasteiger partial charge in [-0.05, 0) is 69.8 Å². The van der Waals surface area contributed by atoms with E-state index in [0.717, 1.165) is 12.0 Å². The predicted molar refractivity (Wildman–Crippen MR) is 240 cm³/mol. The zero-order valence-electron chi connectivity index (χ0n) is 40.2. The molecule has 4 saturated heterocycles. The Bertz CT molecular complexity index is 1830. The van der Waals surface area contributed by atoms with Gasteiger partial charge in [-0.1, -0.05) is 75.7 Å². The van der Waals surface area contributed by atoms with Crippen LogP contribution in [0.25, 0.3) is 0 Å². The van der Waals surface area contributed by atoms with E-state index in [-0.39, 0.29) is 61.0 Å². The average molecular weight is 914 g/mol. The minimum Gasteiger partial charge on any atom is -0.462 e. The van der Waals surface area contributed by atoms with Crippen molar-refractivity contribution in [1.29, 1.82) is 0 Å². The largest absolute Gasteiger partial charge is 0.462 e. The number of hydrogen-bond acceptors (Lipinski definition) is 15. The SMILES string of the molecule is CC=NO[C@H]1[C@H](C)O[C@@H](O[C@H]2[C@H](C)O[C@@H](O[C@@H]3C(C)=CC[C@@H]4C[C@@H](C[C@]5(C=C[C@H](C)[C@@H](C(C)CC)O5)O4)OC(=O)[C@@H]4C=C(C)[C@@H](O)[C@H]5OCC(=CC=C[C@@H]3C)[C@]54O)C[C@@H]2OC)C[C@@H]1OC. The molecule has 2 N–H and O–H groups in total. The Balaban J connectivity index is 1.16. The number of ether oxygens (including phenoxy) is 10. The Labute approximate surface area is 385 Å². The maximum atomic E-state index is 14.4. The van der Waals surface area contributed by atoms with Gasteiger partial charge in [0.15, 0.2) is 24.5 Å². The first-order valence-corrected chi connectivity index (χ1v) is 23.9. The average Bonchev–Trinajstić information content (AvgIpc) is 3.62. The summed E-state index contributed by atoms with van der Waals surface area (Å²) in [5.74, 6) is -2.56. The van der Waals surface area contributed by atoms with Gasteiger partial charge in [-0.2, -0.15) is 0 Å². The number of fused-ring (bicyclic) bond motifs is 2. The Kier molecular flexibility index (Phi) is 16.4. The van der Waals surface area contributed by atoms with Crippen molar-refractivity contribution in [2.45, 2.75) is 198 Å². The number of carbonyl (C=O) groups is 1. The molecule has 0 aromatic carbocycles. The number of aliphatic hydroxyl groups excluding tert-OH is 1. The number of aliphatic hydroxyl groups is 2. The van der Waals surface area contributed by atoms with Gasteiger partial charge in [-0.25, -0.2) is 0 Å². The van der Waals surface area contributed by atoms with E-state index in [1.807, 2.05) is 39.0 Å². The molecule has 1 spiro atoms. The number of methoxy groups -OCH3 is 2. The van der Waals surface area contributed by atoms with Crippen LogP contribution in [0.5, 0.6) is 0 Å². The summed E-state index contributed by atoms with van der Waals surface area (Å²) in [4.78, 5) is 20.0. The first-order chi connectivity index (χ1) is 31.0. The van der Waals surface area contributed by atoms with Gasteiger partial charge >= 0.3 is 5.97 Å². The van der Waals surface area contributed by atoms with E-state index in [1.54, 1.807) is 46.4 Å². The lowest BCUT2D eigenvalue weighted by Gasteiger charge is -2.48. The fourth-order valence-electron chi connectivity index (χ4n) is 10.8. The zero-order chi connectivity index (χ0) is 46.8. The lowest BCUT2D eigenvalue weighted by molar-refractivity contribution is -0.321. The second-order valence-electron chi connectivity index (χ2n) is 19.4. The van der Waals surface area contributed by atoms with Crippen LogP contribution in [0.2, 0.25) is 0 Å². The van der Waals surface area contributed by atoms with Crippen molar-refractivity contribution in [3.8, 4) is 0 Å². The number of oxime groups is 1. The van der Waals surface area contributed by atoms with Crippen LogP contribution in [-0.2, 0) is 57.0 Å². The molecule has 0 radical (unpaired) electrons. The number of nitrogens with zero attached hydrogens (tertiary/aromatic N) is 1. The summed E-state index contributed by atoms with van der Waals surface area (Å²) >= 11 is 0. The van der Waals surface area contributed by atoms with Crippen LogP contribution in [0.3, 0.4) is 0 Å². The van der Waals surface area contributed by atoms with Crippen LogP contribution in [0.1, 0.15) is 101 Å². The van der Waals surface area contributed by atoms with E-state index in [1.165, 1.54) is 0 Å². The van der Waals surface area contributed by atoms with Crippen LogP contribution < -0.4 is 0 Å². The molecule has 0 saturated carbocycles. The third kappa shape index (κ3) is 10.6. The number of rotatable bonds is 10. The van der Waals surface area contributed by atoms with Crippen molar-refractivity contribution < 1.29 is 67.2 Å². The van der Waals surface area contributed by atoms with Crippen molar-refractivity contribution in [1.82, 2.24) is 0 Å². The third-order valence-electron chi connectivity index (χ3n) is 14.8. The highest BCUT2D eigenvalue weighted by atomic mass is 16.7. The first kappa shape index (κ1) is 50.1. The van der Waals surface area contributed by atoms with E-state index >= 15 is 0 Å². The molecule has 0 amide bonds. The van der Waals surface area contributed by atoms with E-state index in [2.05, 4.69) is 45.0 Å². The second kappa shape index (κ2) is 21.2. The molecule has 4 fully saturated rings. The molecule has 0 aromatic rings. The Morgan fingerprint density at radius 2 is 1.62 bits per heavy atom. The highest BCUT2D eigenvalue weighted by molar-refractivity contribution is 5.78. The summed E-state index contributed by atoms with van der Waals surface area (Å²) in [5.41, 5.74) is 0.143. The molecule has 7 aliphatic rings. The highest BCUT2D eigenvalue weighted by Crippen LogP contribution is 2.47. The molecule has 15 heteroatoms. The zero-order valence-corrected chi connectivity index (χ0v) is 40.2. The van der Waals surface area contributed by atoms with Gasteiger partial charge in [0.25, 0.3) is 0 Å². The standard InChI is InChI=1S/C50H75NO14/c1-12-27(3)44-30(6)19-20-49(64-44)25-36-22-35(63-49)18-17-29(5)43(28(4)15-14-16-34-26-57-47-42(52)31(7)21-37(48(53)60-36)50(34,47)54)61-40-23-38(55-10)45(32(8)58-40)62-41-24-39(56-11)46(33(9)59-41)65-51-13-2/h13-17,19-21,27-28,30,32-33,35-47,52,54H,12,18,22-26H2,1-11H3/t27?,28-,30-,32-,33-,35+,36-,37-,38-,39-,40-,41-,42+,43-,44+,45-,46-,47+,49+,50+/m0/s1. The van der Waals surface area contributed by atoms with E-state index < -0.39 is 72.5 Å². The van der Waals surface area contributed by atoms with Gasteiger partial charge in [-0.3, -0.25) is 4.79 Å². The van der Waals surface area contributed by atoms with Crippen LogP contribution >= 0.6 is 0 Å². The lowest BCUT2D eigenvalue weighted by Crippen LogP contribution is -2.58. The smallest absolute Gasteiger partial charge is 0.316 e. The maximum absolute atomic E-state index is 14.4. The molecule has 364 valence electrons. The lowest BCUT2D eigenvalue weighted by atomic mass is 9.71. The summed E-state index contributed by atoms with van der Waals surface area (Å²) in [6, 6.07) is 0. The fourth-order valence-corrected chi connectivity index (χ4v) is 10.8. The van der Waals surface area contributed by atoms with Crippen LogP contribution in [0.4, 0.5) is 0 Å². The Morgan fingerprint density at radius 3 is 2.31 bits per heavy atom. The maximum Gasteiger partial charge on any atom is 0.316 e. The monoisotopic (exact) mass is 914 g/mol. The summed E-state index contributed by atoms with van der Waals surface area (Å²) in [7, 11) is 3.31. The van der Waals surface area contributed by atoms with Gasteiger partial charge in [-0.15, -0.1) is 0 Å². The molecular weight excluding hydrogens is 839 g/mol. The predicted octanol–water partition coefficient (Wildman–Crippen LogP) is 6.41. The number of allylic oxidation sites excluding steroid dienone is 2. The van der Waals surface area contributed by atoms with Crippen molar-refractivity contribution in [3.63, 3.8) is 0 Å². The minimum absolute atomic E-state index is 0.0329. The highest BCUT2D eigenvalue weighted by Gasteiger charge is 2.60. The van der Waals surface area contributed by atoms with Crippen LogP contribution in [-0.4, -0.2) is 140 Å². The van der Waals surface area contributed by atoms with Gasteiger partial charge in [0.2, 0.25) is 0 Å². The Hall–Kier alpha value is -2.80. The number of hydrogen-bond donors (Lipinski definition) is 2. The second-order valence-corrected chi connectivity index (χ2v) is 19.4. The number of carbonyl (C=O) groups excluding carboxylic acids is 1. The van der Waals surface area contributed by atoms with E-state index in [0.29, 0.717) is 43.3 Å². The minimum atomic E-state index is -1.84. The molecule has 1 unspecified atom stereocenters. The molecule has 1 aliphatic carbocycles. The normalized spacial score (nSPS) is 45.4. The van der Waals surface area contributed by atoms with Crippen molar-refractivity contribution in [3.05, 3.63) is 59.3 Å². The molecule has 7 rings (SSSR count). The molecule has 20 atom stereocenters. The van der Waals surface area contributed by atoms with Crippen molar-refractivity contribution >= 4 is 12.2 Å². The third-order valence-corrected chi connectivity index (χ3v) is 14.8. The van der Waals surface area contributed by atoms with Crippen LogP contribution in [0.15, 0.2) is 64.4 Å². The molecule has 6 heterocycles. The number of esters is 1. The summed E-state index contributed by atoms with van der Waals surface area (Å²) in [5, 5.41) is 27.7. The molecule has 65 heavy (non-hydrogen) atoms. The fraction of sp³-hybridized carbons (Fsp3) is 0.760. The van der Waals surface area contributed by atoms with Crippen molar-refractivity contribution in [2.24, 2.45) is 28.8 Å². The van der Waals surface area contributed by atoms with Gasteiger partial charge in [0.05, 0.1) is 43.2 Å². The quantitative estimate of drug-likeness (QED) is 0.107. The molecular formula is C50H75NO14. The van der Waals surface area contributed by atoms with Gasteiger partial charge in [0.1, 0.15) is 42.0 Å². The summed E-state index contributed by atoms with van der Waals surface area (Å²) in [6.07, 6.45) is 10.9. The van der Waals surface area contributed by atoms with E-state index in [4.69, 9.17) is 52.2 Å². The van der Waals surface area contributed by atoms with Gasteiger partial charge < -0.3 is 62.4 Å². The summed E-state index contributed by atoms with van der Waals surface area (Å²) < 4.78 is 64.5. The molecule has 2 bridgehead atoms. The first-order valence-electron chi connectivity index (χ1n) is 23.9. The Morgan fingerprint density at radius 1 is 0.923 bits per heavy atom.